The lowest BCUT2D eigenvalue weighted by molar-refractivity contribution is -0.0242. The third kappa shape index (κ3) is 5.50. The number of fused-ring (bicyclic) bond motifs is 5. The van der Waals surface area contributed by atoms with E-state index in [2.05, 4.69) is 37.1 Å². The smallest absolute Gasteiger partial charge is 0.271 e. The number of aliphatic hydroxyl groups excluding tert-OH is 1. The van der Waals surface area contributed by atoms with Crippen LogP contribution in [0.15, 0.2) is 72.8 Å². The highest BCUT2D eigenvalue weighted by Gasteiger charge is 2.33. The predicted octanol–water partition coefficient (Wildman–Crippen LogP) is 5.04. The SMILES string of the molecule is C[C@@H]1CN([C@H](C)CO)C(=O)c2c(c3ccccc3n2C)-c2ccccc2CO[C@@H]1CN(C)Cc1ccc(O)cc1. The van der Waals surface area contributed by atoms with E-state index in [9.17, 15) is 15.0 Å². The summed E-state index contributed by atoms with van der Waals surface area (Å²) in [5.74, 6) is 0.167. The van der Waals surface area contributed by atoms with Crippen LogP contribution in [0.4, 0.5) is 0 Å². The Morgan fingerprint density at radius 2 is 1.75 bits per heavy atom. The van der Waals surface area contributed by atoms with Gasteiger partial charge in [-0.3, -0.25) is 9.69 Å². The lowest BCUT2D eigenvalue weighted by Crippen LogP contribution is -2.47. The van der Waals surface area contributed by atoms with Crippen molar-refractivity contribution in [1.82, 2.24) is 14.4 Å². The molecule has 1 aromatic heterocycles. The third-order valence-corrected chi connectivity index (χ3v) is 8.11. The van der Waals surface area contributed by atoms with Crippen molar-refractivity contribution in [3.05, 3.63) is 89.6 Å². The van der Waals surface area contributed by atoms with Gasteiger partial charge < -0.3 is 24.4 Å². The topological polar surface area (TPSA) is 78.2 Å². The lowest BCUT2D eigenvalue weighted by atomic mass is 9.96. The van der Waals surface area contributed by atoms with E-state index in [1.54, 1.807) is 12.1 Å². The molecule has 0 fully saturated rings. The van der Waals surface area contributed by atoms with Crippen LogP contribution in [0.1, 0.15) is 35.5 Å². The molecular weight excluding hydrogens is 502 g/mol. The maximum Gasteiger partial charge on any atom is 0.271 e. The number of phenolic OH excluding ortho intramolecular Hbond substituents is 1. The molecule has 2 N–H and O–H groups in total. The number of ether oxygens (including phenoxy) is 1. The Labute approximate surface area is 236 Å². The summed E-state index contributed by atoms with van der Waals surface area (Å²) in [6.07, 6.45) is -0.158. The first kappa shape index (κ1) is 27.9. The summed E-state index contributed by atoms with van der Waals surface area (Å²) in [6.45, 7) is 6.13. The number of para-hydroxylation sites is 1. The Morgan fingerprint density at radius 3 is 2.50 bits per heavy atom. The summed E-state index contributed by atoms with van der Waals surface area (Å²) in [4.78, 5) is 18.5. The highest BCUT2D eigenvalue weighted by molar-refractivity contribution is 6.10. The molecular formula is C33H39N3O4. The number of aromatic hydroxyl groups is 1. The van der Waals surface area contributed by atoms with Gasteiger partial charge in [0.1, 0.15) is 11.4 Å². The van der Waals surface area contributed by atoms with Crippen LogP contribution >= 0.6 is 0 Å². The van der Waals surface area contributed by atoms with Crippen LogP contribution in [-0.2, 0) is 24.9 Å². The molecule has 1 amide bonds. The van der Waals surface area contributed by atoms with E-state index >= 15 is 0 Å². The minimum Gasteiger partial charge on any atom is -0.508 e. The van der Waals surface area contributed by atoms with Gasteiger partial charge in [-0.1, -0.05) is 61.5 Å². The number of carbonyl (C=O) groups is 1. The van der Waals surface area contributed by atoms with Gasteiger partial charge in [-0.15, -0.1) is 0 Å². The number of nitrogens with zero attached hydrogens (tertiary/aromatic N) is 3. The Balaban J connectivity index is 1.56. The number of amides is 1. The van der Waals surface area contributed by atoms with E-state index in [1.165, 1.54) is 0 Å². The van der Waals surface area contributed by atoms with Gasteiger partial charge in [-0.05, 0) is 48.9 Å². The zero-order chi connectivity index (χ0) is 28.4. The fourth-order valence-corrected chi connectivity index (χ4v) is 5.81. The number of aryl methyl sites for hydroxylation is 1. The molecule has 0 saturated carbocycles. The van der Waals surface area contributed by atoms with E-state index < -0.39 is 0 Å². The minimum absolute atomic E-state index is 0.00335. The molecule has 0 aliphatic carbocycles. The summed E-state index contributed by atoms with van der Waals surface area (Å²) >= 11 is 0. The van der Waals surface area contributed by atoms with Gasteiger partial charge in [0.15, 0.2) is 0 Å². The molecule has 3 atom stereocenters. The van der Waals surface area contributed by atoms with Crippen LogP contribution in [0.3, 0.4) is 0 Å². The average molecular weight is 542 g/mol. The van der Waals surface area contributed by atoms with Gasteiger partial charge in [0.05, 0.1) is 25.4 Å². The molecule has 7 heteroatoms. The largest absolute Gasteiger partial charge is 0.508 e. The van der Waals surface area contributed by atoms with Crippen molar-refractivity contribution in [1.29, 1.82) is 0 Å². The van der Waals surface area contributed by atoms with Crippen LogP contribution in [0.2, 0.25) is 0 Å². The van der Waals surface area contributed by atoms with Crippen molar-refractivity contribution in [2.45, 2.75) is 39.1 Å². The Morgan fingerprint density at radius 1 is 1.05 bits per heavy atom. The summed E-state index contributed by atoms with van der Waals surface area (Å²) in [7, 11) is 4.01. The van der Waals surface area contributed by atoms with Crippen LogP contribution in [0.25, 0.3) is 22.0 Å². The molecule has 0 bridgehead atoms. The number of hydrogen-bond acceptors (Lipinski definition) is 5. The average Bonchev–Trinajstić information content (AvgIpc) is 3.25. The standard InChI is InChI=1S/C33H39N3O4/c1-22-17-36(23(2)20-37)33(39)32-31(28-11-7-8-12-29(28)35(32)4)27-10-6-5-9-25(27)21-40-30(22)19-34(3)18-24-13-15-26(38)16-14-24/h5-16,22-23,30,37-38H,17-21H2,1-4H3/t22-,23-,30-/m1/s1. The van der Waals surface area contributed by atoms with Crippen LogP contribution in [-0.4, -0.2) is 69.4 Å². The number of phenols is 1. The second kappa shape index (κ2) is 11.8. The summed E-state index contributed by atoms with van der Waals surface area (Å²) < 4.78 is 8.68. The molecule has 0 unspecified atom stereocenters. The molecule has 0 spiro atoms. The van der Waals surface area contributed by atoms with Crippen molar-refractivity contribution < 1.29 is 19.7 Å². The summed E-state index contributed by atoms with van der Waals surface area (Å²) in [6, 6.07) is 23.2. The van der Waals surface area contributed by atoms with Crippen molar-refractivity contribution >= 4 is 16.8 Å². The quantitative estimate of drug-likeness (QED) is 0.358. The number of rotatable bonds is 6. The lowest BCUT2D eigenvalue weighted by Gasteiger charge is -2.35. The van der Waals surface area contributed by atoms with Crippen LogP contribution < -0.4 is 0 Å². The van der Waals surface area contributed by atoms with Crippen LogP contribution in [0.5, 0.6) is 5.75 Å². The van der Waals surface area contributed by atoms with E-state index in [4.69, 9.17) is 4.74 Å². The summed E-state index contributed by atoms with van der Waals surface area (Å²) in [5, 5.41) is 20.9. The molecule has 210 valence electrons. The maximum atomic E-state index is 14.4. The molecule has 0 radical (unpaired) electrons. The number of carbonyl (C=O) groups excluding carboxylic acids is 1. The molecule has 7 nitrogen and oxygen atoms in total. The van der Waals surface area contributed by atoms with Crippen LogP contribution in [0, 0.1) is 5.92 Å². The molecule has 40 heavy (non-hydrogen) atoms. The van der Waals surface area contributed by atoms with Gasteiger partial charge in [-0.25, -0.2) is 0 Å². The van der Waals surface area contributed by atoms with Gasteiger partial charge >= 0.3 is 0 Å². The molecule has 2 heterocycles. The van der Waals surface area contributed by atoms with Crippen molar-refractivity contribution in [3.8, 4) is 16.9 Å². The molecule has 5 rings (SSSR count). The van der Waals surface area contributed by atoms with E-state index in [1.807, 2.05) is 65.9 Å². The molecule has 0 saturated heterocycles. The molecule has 4 aromatic rings. The van der Waals surface area contributed by atoms with Crippen molar-refractivity contribution in [2.75, 3.05) is 26.7 Å². The number of aromatic nitrogens is 1. The highest BCUT2D eigenvalue weighted by atomic mass is 16.5. The van der Waals surface area contributed by atoms with Gasteiger partial charge in [0.2, 0.25) is 0 Å². The first-order valence-corrected chi connectivity index (χ1v) is 13.9. The second-order valence-corrected chi connectivity index (χ2v) is 11.1. The third-order valence-electron chi connectivity index (χ3n) is 8.11. The van der Waals surface area contributed by atoms with Gasteiger partial charge in [0, 0.05) is 49.1 Å². The first-order valence-electron chi connectivity index (χ1n) is 13.9. The van der Waals surface area contributed by atoms with Gasteiger partial charge in [0.25, 0.3) is 5.91 Å². The fraction of sp³-hybridized carbons (Fsp3) is 0.364. The first-order chi connectivity index (χ1) is 19.3. The number of likely N-dealkylation sites (N-methyl/N-ethyl adjacent to an activating group) is 1. The Hall–Kier alpha value is -3.65. The Bertz CT molecular complexity index is 1480. The molecule has 1 aliphatic heterocycles. The Kier molecular flexibility index (Phi) is 8.26. The normalized spacial score (nSPS) is 18.9. The zero-order valence-electron chi connectivity index (χ0n) is 23.7. The monoisotopic (exact) mass is 541 g/mol. The highest BCUT2D eigenvalue weighted by Crippen LogP contribution is 2.38. The van der Waals surface area contributed by atoms with Crippen molar-refractivity contribution in [3.63, 3.8) is 0 Å². The van der Waals surface area contributed by atoms with Crippen molar-refractivity contribution in [2.24, 2.45) is 13.0 Å². The zero-order valence-corrected chi connectivity index (χ0v) is 23.7. The van der Waals surface area contributed by atoms with E-state index in [0.29, 0.717) is 31.9 Å². The van der Waals surface area contributed by atoms with E-state index in [-0.39, 0.29) is 36.3 Å². The number of hydrogen-bond donors (Lipinski definition) is 2. The maximum absolute atomic E-state index is 14.4. The number of benzene rings is 3. The molecule has 3 aromatic carbocycles. The molecule has 1 aliphatic rings. The fourth-order valence-electron chi connectivity index (χ4n) is 5.81. The number of aliphatic hydroxyl groups is 1. The minimum atomic E-state index is -0.354. The van der Waals surface area contributed by atoms with E-state index in [0.717, 1.165) is 33.2 Å². The van der Waals surface area contributed by atoms with Gasteiger partial charge in [-0.2, -0.15) is 0 Å². The second-order valence-electron chi connectivity index (χ2n) is 11.1. The summed E-state index contributed by atoms with van der Waals surface area (Å²) in [5.41, 5.74) is 5.66. The predicted molar refractivity (Wildman–Crippen MR) is 158 cm³/mol.